The third kappa shape index (κ3) is 3.82. The lowest BCUT2D eigenvalue weighted by atomic mass is 10.3. The lowest BCUT2D eigenvalue weighted by Crippen LogP contribution is -1.56. The molecule has 0 atom stereocenters. The summed E-state index contributed by atoms with van der Waals surface area (Å²) in [7, 11) is 0. The molecule has 2 N–H and O–H groups in total. The molecule has 1 aromatic carbocycles. The van der Waals surface area contributed by atoms with E-state index in [0.29, 0.717) is 5.75 Å². The Morgan fingerprint density at radius 1 is 1.00 bits per heavy atom. The van der Waals surface area contributed by atoms with Gasteiger partial charge in [0.1, 0.15) is 5.75 Å². The predicted octanol–water partition coefficient (Wildman–Crippen LogP) is 1.52. The molecule has 0 saturated carbocycles. The molecule has 0 aliphatic heterocycles. The van der Waals surface area contributed by atoms with Gasteiger partial charge in [0, 0.05) is 0 Å². The molecule has 3 heteroatoms. The minimum Gasteiger partial charge on any atom is -0.508 e. The van der Waals surface area contributed by atoms with Crippen molar-refractivity contribution in [3.05, 3.63) is 30.3 Å². The van der Waals surface area contributed by atoms with Crippen molar-refractivity contribution in [2.45, 2.75) is 0 Å². The van der Waals surface area contributed by atoms with Crippen molar-refractivity contribution in [2.75, 3.05) is 0 Å². The monoisotopic (exact) mass is 146 g/mol. The van der Waals surface area contributed by atoms with Crippen LogP contribution in [0, 0.1) is 0 Å². The zero-order chi connectivity index (χ0) is 7.11. The van der Waals surface area contributed by atoms with Crippen LogP contribution in [0.25, 0.3) is 0 Å². The van der Waals surface area contributed by atoms with Crippen molar-refractivity contribution < 1.29 is 9.77 Å². The fourth-order valence-electron chi connectivity index (χ4n) is 0.428. The van der Waals surface area contributed by atoms with Gasteiger partial charge in [-0.05, 0) is 12.1 Å². The zero-order valence-electron chi connectivity index (χ0n) is 4.66. The molecule has 0 bridgehead atoms. The van der Waals surface area contributed by atoms with E-state index in [-0.39, 0.29) is 0 Å². The van der Waals surface area contributed by atoms with Crippen molar-refractivity contribution in [3.8, 4) is 5.75 Å². The van der Waals surface area contributed by atoms with Crippen molar-refractivity contribution in [1.82, 2.24) is 0 Å². The van der Waals surface area contributed by atoms with Gasteiger partial charge in [-0.1, -0.05) is 18.2 Å². The standard InChI is InChI=1S/C6H6O.ClHO/c7-6-4-2-1-3-5-6;1-2/h1-5,7H;2H. The van der Waals surface area contributed by atoms with E-state index in [2.05, 4.69) is 11.9 Å². The lowest BCUT2D eigenvalue weighted by molar-refractivity contribution is 0.475. The first kappa shape index (κ1) is 8.27. The van der Waals surface area contributed by atoms with Crippen LogP contribution in [0.15, 0.2) is 30.3 Å². The second-order valence-electron chi connectivity index (χ2n) is 1.34. The van der Waals surface area contributed by atoms with E-state index >= 15 is 0 Å². The average molecular weight is 147 g/mol. The Morgan fingerprint density at radius 2 is 1.44 bits per heavy atom. The summed E-state index contributed by atoms with van der Waals surface area (Å²) in [6.07, 6.45) is 0. The van der Waals surface area contributed by atoms with Crippen molar-refractivity contribution in [3.63, 3.8) is 0 Å². The van der Waals surface area contributed by atoms with Gasteiger partial charge in [-0.25, -0.2) is 0 Å². The Balaban J connectivity index is 0.000000291. The van der Waals surface area contributed by atoms with E-state index in [4.69, 9.17) is 9.77 Å². The number of hydrogen-bond donors (Lipinski definition) is 2. The van der Waals surface area contributed by atoms with Crippen LogP contribution in [0.2, 0.25) is 0 Å². The van der Waals surface area contributed by atoms with Gasteiger partial charge in [0.2, 0.25) is 0 Å². The van der Waals surface area contributed by atoms with Crippen molar-refractivity contribution in [1.29, 1.82) is 0 Å². The summed E-state index contributed by atoms with van der Waals surface area (Å²) >= 11 is 3.64. The number of para-hydroxylation sites is 1. The van der Waals surface area contributed by atoms with Gasteiger partial charge in [-0.15, -0.1) is 0 Å². The van der Waals surface area contributed by atoms with Gasteiger partial charge in [0.15, 0.2) is 0 Å². The van der Waals surface area contributed by atoms with E-state index in [9.17, 15) is 0 Å². The number of hydrogen-bond acceptors (Lipinski definition) is 2. The first-order valence-corrected chi connectivity index (χ1v) is 2.64. The number of halogens is 1. The molecule has 0 heterocycles. The van der Waals surface area contributed by atoms with E-state index < -0.39 is 0 Å². The van der Waals surface area contributed by atoms with Crippen LogP contribution >= 0.6 is 11.9 Å². The maximum atomic E-state index is 8.63. The van der Waals surface area contributed by atoms with Crippen LogP contribution in [0.1, 0.15) is 0 Å². The molecule has 0 radical (unpaired) electrons. The SMILES string of the molecule is OCl.Oc1ccccc1. The summed E-state index contributed by atoms with van der Waals surface area (Å²) < 4.78 is 6.47. The lowest BCUT2D eigenvalue weighted by Gasteiger charge is -1.82. The fourth-order valence-corrected chi connectivity index (χ4v) is 0.428. The summed E-state index contributed by atoms with van der Waals surface area (Å²) in [5.41, 5.74) is 0. The summed E-state index contributed by atoms with van der Waals surface area (Å²) in [5, 5.41) is 8.63. The first-order valence-electron chi connectivity index (χ1n) is 2.30. The van der Waals surface area contributed by atoms with Gasteiger partial charge in [0.05, 0.1) is 11.9 Å². The molecule has 0 unspecified atom stereocenters. The smallest absolute Gasteiger partial charge is 0.115 e. The van der Waals surface area contributed by atoms with Crippen LogP contribution in [0.3, 0.4) is 0 Å². The average Bonchev–Trinajstić information content (AvgIpc) is 1.94. The molecule has 0 spiro atoms. The summed E-state index contributed by atoms with van der Waals surface area (Å²) in [6, 6.07) is 8.71. The Hall–Kier alpha value is -0.730. The molecular weight excluding hydrogens is 140 g/mol. The van der Waals surface area contributed by atoms with E-state index in [1.54, 1.807) is 24.3 Å². The Bertz CT molecular complexity index is 141. The molecule has 0 amide bonds. The minimum absolute atomic E-state index is 0.322. The molecule has 50 valence electrons. The number of benzene rings is 1. The molecule has 1 aromatic rings. The maximum Gasteiger partial charge on any atom is 0.115 e. The molecule has 0 aliphatic carbocycles. The molecular formula is C6H7ClO2. The number of rotatable bonds is 0. The number of phenolic OH excluding ortho intramolecular Hbond substituents is 1. The van der Waals surface area contributed by atoms with Gasteiger partial charge in [-0.3, -0.25) is 4.66 Å². The second-order valence-corrected chi connectivity index (χ2v) is 1.34. The third-order valence-electron chi connectivity index (χ3n) is 0.756. The first-order chi connectivity index (χ1) is 4.39. The third-order valence-corrected chi connectivity index (χ3v) is 0.756. The van der Waals surface area contributed by atoms with Gasteiger partial charge < -0.3 is 5.11 Å². The number of phenols is 1. The number of aromatic hydroxyl groups is 1. The minimum atomic E-state index is 0.322. The normalized spacial score (nSPS) is 7.33. The Kier molecular flexibility index (Phi) is 4.97. The molecule has 0 aromatic heterocycles. The molecule has 0 fully saturated rings. The summed E-state index contributed by atoms with van der Waals surface area (Å²) in [5.74, 6) is 0.322. The van der Waals surface area contributed by atoms with E-state index in [0.717, 1.165) is 0 Å². The highest BCUT2D eigenvalue weighted by molar-refractivity contribution is 6.04. The molecule has 0 saturated heterocycles. The molecule has 1 rings (SSSR count). The molecule has 2 nitrogen and oxygen atoms in total. The maximum absolute atomic E-state index is 8.63. The molecule has 0 aliphatic rings. The van der Waals surface area contributed by atoms with Gasteiger partial charge in [0.25, 0.3) is 0 Å². The molecule has 9 heavy (non-hydrogen) atoms. The Labute approximate surface area is 58.5 Å². The predicted molar refractivity (Wildman–Crippen MR) is 36.2 cm³/mol. The quantitative estimate of drug-likeness (QED) is 0.583. The Morgan fingerprint density at radius 3 is 1.67 bits per heavy atom. The van der Waals surface area contributed by atoms with Gasteiger partial charge >= 0.3 is 0 Å². The fraction of sp³-hybridized carbons (Fsp3) is 0. The summed E-state index contributed by atoms with van der Waals surface area (Å²) in [6.45, 7) is 0. The highest BCUT2D eigenvalue weighted by Gasteiger charge is 1.74. The van der Waals surface area contributed by atoms with E-state index in [1.165, 1.54) is 0 Å². The van der Waals surface area contributed by atoms with Crippen LogP contribution in [-0.2, 0) is 0 Å². The van der Waals surface area contributed by atoms with E-state index in [1.807, 2.05) is 6.07 Å². The largest absolute Gasteiger partial charge is 0.508 e. The van der Waals surface area contributed by atoms with Crippen LogP contribution in [0.4, 0.5) is 0 Å². The summed E-state index contributed by atoms with van der Waals surface area (Å²) in [4.78, 5) is 0. The second kappa shape index (κ2) is 5.41. The van der Waals surface area contributed by atoms with Crippen LogP contribution < -0.4 is 0 Å². The van der Waals surface area contributed by atoms with Crippen molar-refractivity contribution >= 4 is 11.9 Å². The van der Waals surface area contributed by atoms with Crippen LogP contribution in [-0.4, -0.2) is 9.77 Å². The van der Waals surface area contributed by atoms with Crippen LogP contribution in [0.5, 0.6) is 5.75 Å². The van der Waals surface area contributed by atoms with Gasteiger partial charge in [-0.2, -0.15) is 0 Å². The topological polar surface area (TPSA) is 40.5 Å². The van der Waals surface area contributed by atoms with Crippen molar-refractivity contribution in [2.24, 2.45) is 0 Å². The highest BCUT2D eigenvalue weighted by atomic mass is 35.5. The highest BCUT2D eigenvalue weighted by Crippen LogP contribution is 2.02. The zero-order valence-corrected chi connectivity index (χ0v) is 5.42.